The number of para-hydroxylation sites is 5. The van der Waals surface area contributed by atoms with Crippen LogP contribution in [-0.2, 0) is 0 Å². The summed E-state index contributed by atoms with van der Waals surface area (Å²) in [5.41, 5.74) is 14.7. The predicted octanol–water partition coefficient (Wildman–Crippen LogP) is 14.0. The Hall–Kier alpha value is -8.61. The highest BCUT2D eigenvalue weighted by Crippen LogP contribution is 2.47. The average molecular weight is 817 g/mol. The van der Waals surface area contributed by atoms with Crippen LogP contribution < -0.4 is 0 Å². The summed E-state index contributed by atoms with van der Waals surface area (Å²) in [7, 11) is 0. The second-order valence-corrected chi connectivity index (χ2v) is 16.8. The Morgan fingerprint density at radius 1 is 0.312 bits per heavy atom. The molecule has 0 aliphatic heterocycles. The molecule has 64 heavy (non-hydrogen) atoms. The van der Waals surface area contributed by atoms with E-state index in [0.717, 1.165) is 55.6 Å². The largest absolute Gasteiger partial charge is 0.309 e. The van der Waals surface area contributed by atoms with E-state index < -0.39 is 0 Å². The molecule has 0 unspecified atom stereocenters. The van der Waals surface area contributed by atoms with Crippen LogP contribution in [0.15, 0.2) is 212 Å². The van der Waals surface area contributed by atoms with Gasteiger partial charge in [0.25, 0.3) is 0 Å². The van der Waals surface area contributed by atoms with Gasteiger partial charge in [-0.15, -0.1) is 0 Å². The standard InChI is InChI=1S/C58H36N6/c1-3-25-46-39(18-1)40-19-2-4-26-47(40)55(46)57-59-56(60-58(61-57)64-52-30-13-7-22-43(52)44-23-8-14-31-53(44)64)36-16-15-17-37(34-36)62-51-29-12-9-24-45(51)48-35-38(32-33-54(48)62)63-49-27-10-5-20-41(49)42-21-6-11-28-50(42)63/h1-35,55H. The SMILES string of the molecule is c1cc(-c2nc(C3c4ccccc4-c4ccccc43)nc(-n3c4ccccc4c4ccccc43)n2)cc(-n2c3ccccc3c3cc(-n4c5ccccc5c5ccccc54)ccc32)c1. The first-order valence-electron chi connectivity index (χ1n) is 21.8. The van der Waals surface area contributed by atoms with Crippen LogP contribution in [-0.4, -0.2) is 28.7 Å². The lowest BCUT2D eigenvalue weighted by Crippen LogP contribution is -2.12. The monoisotopic (exact) mass is 816 g/mol. The summed E-state index contributed by atoms with van der Waals surface area (Å²) < 4.78 is 6.98. The van der Waals surface area contributed by atoms with Gasteiger partial charge in [-0.1, -0.05) is 152 Å². The van der Waals surface area contributed by atoms with Crippen molar-refractivity contribution in [3.05, 3.63) is 229 Å². The van der Waals surface area contributed by atoms with Crippen molar-refractivity contribution in [3.63, 3.8) is 0 Å². The molecule has 0 N–H and O–H groups in total. The van der Waals surface area contributed by atoms with E-state index in [1.54, 1.807) is 0 Å². The maximum absolute atomic E-state index is 5.44. The van der Waals surface area contributed by atoms with E-state index in [1.807, 2.05) is 0 Å². The van der Waals surface area contributed by atoms with Crippen molar-refractivity contribution in [2.75, 3.05) is 0 Å². The van der Waals surface area contributed by atoms with E-state index in [4.69, 9.17) is 15.0 Å². The van der Waals surface area contributed by atoms with Crippen LogP contribution in [0.3, 0.4) is 0 Å². The van der Waals surface area contributed by atoms with Crippen molar-refractivity contribution in [1.82, 2.24) is 28.7 Å². The van der Waals surface area contributed by atoms with Gasteiger partial charge in [-0.2, -0.15) is 9.97 Å². The molecule has 4 heterocycles. The Labute approximate surface area is 367 Å². The molecule has 6 nitrogen and oxygen atoms in total. The summed E-state index contributed by atoms with van der Waals surface area (Å²) in [6.45, 7) is 0. The lowest BCUT2D eigenvalue weighted by atomic mass is 9.96. The molecule has 0 atom stereocenters. The normalized spacial score (nSPS) is 12.6. The average Bonchev–Trinajstić information content (AvgIpc) is 4.09. The van der Waals surface area contributed by atoms with Gasteiger partial charge >= 0.3 is 0 Å². The molecule has 0 amide bonds. The van der Waals surface area contributed by atoms with Gasteiger partial charge in [0.2, 0.25) is 5.95 Å². The highest BCUT2D eigenvalue weighted by atomic mass is 15.2. The fourth-order valence-electron chi connectivity index (χ4n) is 10.7. The van der Waals surface area contributed by atoms with Gasteiger partial charge < -0.3 is 9.13 Å². The minimum Gasteiger partial charge on any atom is -0.309 e. The molecule has 0 fully saturated rings. The van der Waals surface area contributed by atoms with Crippen LogP contribution in [0.25, 0.3) is 105 Å². The molecule has 0 spiro atoms. The summed E-state index contributed by atoms with van der Waals surface area (Å²) in [6, 6.07) is 76.1. The van der Waals surface area contributed by atoms with Crippen molar-refractivity contribution in [3.8, 4) is 39.8 Å². The molecule has 0 saturated heterocycles. The summed E-state index contributed by atoms with van der Waals surface area (Å²) in [5, 5.41) is 7.21. The number of hydrogen-bond donors (Lipinski definition) is 0. The molecule has 14 rings (SSSR count). The van der Waals surface area contributed by atoms with Crippen LogP contribution in [0.2, 0.25) is 0 Å². The van der Waals surface area contributed by atoms with Crippen molar-refractivity contribution < 1.29 is 0 Å². The van der Waals surface area contributed by atoms with Crippen molar-refractivity contribution in [2.45, 2.75) is 5.92 Å². The zero-order valence-corrected chi connectivity index (χ0v) is 34.5. The van der Waals surface area contributed by atoms with E-state index in [9.17, 15) is 0 Å². The van der Waals surface area contributed by atoms with Gasteiger partial charge in [0, 0.05) is 49.3 Å². The minimum atomic E-state index is -0.162. The van der Waals surface area contributed by atoms with Crippen LogP contribution in [0.1, 0.15) is 22.9 Å². The Kier molecular flexibility index (Phi) is 7.36. The molecule has 0 bridgehead atoms. The Morgan fingerprint density at radius 3 is 1.30 bits per heavy atom. The Bertz CT molecular complexity index is 3900. The molecule has 0 saturated carbocycles. The highest BCUT2D eigenvalue weighted by molar-refractivity contribution is 6.12. The fourth-order valence-corrected chi connectivity index (χ4v) is 10.7. The van der Waals surface area contributed by atoms with Crippen molar-refractivity contribution >= 4 is 65.4 Å². The van der Waals surface area contributed by atoms with Crippen LogP contribution in [0.4, 0.5) is 0 Å². The smallest absolute Gasteiger partial charge is 0.238 e. The summed E-state index contributed by atoms with van der Waals surface area (Å²) in [5.74, 6) is 1.78. The van der Waals surface area contributed by atoms with Gasteiger partial charge in [-0.05, 0) is 82.9 Å². The second kappa shape index (κ2) is 13.4. The van der Waals surface area contributed by atoms with E-state index in [2.05, 4.69) is 226 Å². The number of aromatic nitrogens is 6. The number of hydrogen-bond acceptors (Lipinski definition) is 3. The van der Waals surface area contributed by atoms with Gasteiger partial charge in [-0.25, -0.2) is 4.98 Å². The summed E-state index contributed by atoms with van der Waals surface area (Å²) in [6.07, 6.45) is 0. The molecular weight excluding hydrogens is 781 g/mol. The van der Waals surface area contributed by atoms with E-state index in [-0.39, 0.29) is 5.92 Å². The Morgan fingerprint density at radius 2 is 0.750 bits per heavy atom. The molecule has 6 heteroatoms. The lowest BCUT2D eigenvalue weighted by molar-refractivity contribution is 0.823. The quantitative estimate of drug-likeness (QED) is 0.174. The van der Waals surface area contributed by atoms with Crippen molar-refractivity contribution in [2.24, 2.45) is 0 Å². The number of rotatable bonds is 5. The molecule has 4 aromatic heterocycles. The number of nitrogens with zero attached hydrogens (tertiary/aromatic N) is 6. The fraction of sp³-hybridized carbons (Fsp3) is 0.0172. The first kappa shape index (κ1) is 35.0. The van der Waals surface area contributed by atoms with Gasteiger partial charge in [0.15, 0.2) is 5.82 Å². The Balaban J connectivity index is 0.984. The maximum atomic E-state index is 5.44. The van der Waals surface area contributed by atoms with E-state index >= 15 is 0 Å². The number of benzene rings is 9. The molecular formula is C58H36N6. The van der Waals surface area contributed by atoms with Crippen LogP contribution in [0, 0.1) is 0 Å². The summed E-state index contributed by atoms with van der Waals surface area (Å²) in [4.78, 5) is 16.3. The third-order valence-electron chi connectivity index (χ3n) is 13.4. The van der Waals surface area contributed by atoms with Crippen molar-refractivity contribution in [1.29, 1.82) is 0 Å². The number of fused-ring (bicyclic) bond motifs is 12. The van der Waals surface area contributed by atoms with Crippen LogP contribution >= 0.6 is 0 Å². The zero-order chi connectivity index (χ0) is 41.9. The molecule has 13 aromatic rings. The highest BCUT2D eigenvalue weighted by Gasteiger charge is 2.33. The molecule has 0 radical (unpaired) electrons. The lowest BCUT2D eigenvalue weighted by Gasteiger charge is -2.16. The van der Waals surface area contributed by atoms with E-state index in [0.29, 0.717) is 11.8 Å². The summed E-state index contributed by atoms with van der Waals surface area (Å²) >= 11 is 0. The van der Waals surface area contributed by atoms with Gasteiger partial charge in [0.05, 0.1) is 39.0 Å². The molecule has 1 aliphatic carbocycles. The first-order chi connectivity index (χ1) is 31.8. The first-order valence-corrected chi connectivity index (χ1v) is 21.8. The molecule has 298 valence electrons. The van der Waals surface area contributed by atoms with E-state index in [1.165, 1.54) is 54.8 Å². The minimum absolute atomic E-state index is 0.162. The molecule has 1 aliphatic rings. The molecule has 9 aromatic carbocycles. The maximum Gasteiger partial charge on any atom is 0.238 e. The third-order valence-corrected chi connectivity index (χ3v) is 13.4. The topological polar surface area (TPSA) is 53.5 Å². The van der Waals surface area contributed by atoms with Crippen LogP contribution in [0.5, 0.6) is 0 Å². The predicted molar refractivity (Wildman–Crippen MR) is 261 cm³/mol. The second-order valence-electron chi connectivity index (χ2n) is 16.8. The zero-order valence-electron chi connectivity index (χ0n) is 34.5. The van der Waals surface area contributed by atoms with Gasteiger partial charge in [-0.3, -0.25) is 4.57 Å². The third kappa shape index (κ3) is 4.99. The van der Waals surface area contributed by atoms with Gasteiger partial charge in [0.1, 0.15) is 5.82 Å².